The van der Waals surface area contributed by atoms with Crippen LogP contribution in [0.15, 0.2) is 346 Å². The second-order valence-electron chi connectivity index (χ2n) is 37.3. The van der Waals surface area contributed by atoms with Crippen LogP contribution in [-0.2, 0) is 27.1 Å². The first-order valence-electron chi connectivity index (χ1n) is 41.2. The van der Waals surface area contributed by atoms with E-state index in [0.717, 1.165) is 84.3 Å². The van der Waals surface area contributed by atoms with Gasteiger partial charge in [0.25, 0.3) is 6.71 Å². The van der Waals surface area contributed by atoms with Crippen molar-refractivity contribution >= 4 is 108 Å². The van der Waals surface area contributed by atoms with Crippen molar-refractivity contribution in [2.24, 2.45) is 0 Å². The molecule has 16 aromatic rings. The van der Waals surface area contributed by atoms with Gasteiger partial charge >= 0.3 is 0 Å². The first-order valence-corrected chi connectivity index (χ1v) is 43.2. The van der Waals surface area contributed by atoms with Crippen molar-refractivity contribution in [3.05, 3.63) is 374 Å². The highest BCUT2D eigenvalue weighted by Crippen LogP contribution is 2.56. The number of rotatable bonds is 12. The van der Waals surface area contributed by atoms with E-state index in [-0.39, 0.29) is 33.8 Å². The highest BCUT2D eigenvalue weighted by atomic mass is 28.3. The van der Waals surface area contributed by atoms with Crippen molar-refractivity contribution in [2.75, 3.05) is 9.80 Å². The lowest BCUT2D eigenvalue weighted by Crippen LogP contribution is -2.75. The summed E-state index contributed by atoms with van der Waals surface area (Å²) in [6.07, 6.45) is 0. The Bertz CT molecular complexity index is 6080. The van der Waals surface area contributed by atoms with E-state index in [1.54, 1.807) is 0 Å². The van der Waals surface area contributed by atoms with Gasteiger partial charge in [-0.25, -0.2) is 0 Å². The molecule has 5 heteroatoms. The smallest absolute Gasteiger partial charge is 0.252 e. The zero-order valence-electron chi connectivity index (χ0n) is 69.3. The van der Waals surface area contributed by atoms with Crippen LogP contribution in [0.4, 0.5) is 34.1 Å². The summed E-state index contributed by atoms with van der Waals surface area (Å²) in [6.45, 7) is 34.9. The monoisotopic (exact) mass is 1500 g/mol. The molecular weight excluding hydrogens is 1400 g/mol. The SMILES string of the molecule is CC(C)(C)c1ccc(-c2cc3c4c(c2)N(c2c(-c5ccccc5)cc(C(C)(C)C)cc2-c2ccccc2)c2cc(-n5c6ccc(C(C)(C)C)cc6c6cc(C(C)(C)C)ccc65)ccc2B4c2cc([Si](c4ccccc4)(c4ccccc4)c4ccccc4)ccc2N3c2c(-c3ccccc3)cc(C(C)(C)C)cc2-c2ccccc2)cc1. The summed E-state index contributed by atoms with van der Waals surface area (Å²) in [5.74, 6) is 0. The maximum absolute atomic E-state index is 3.25. The van der Waals surface area contributed by atoms with Crippen LogP contribution in [0.1, 0.15) is 132 Å². The molecule has 15 aromatic carbocycles. The van der Waals surface area contributed by atoms with E-state index < -0.39 is 8.07 Å². The maximum Gasteiger partial charge on any atom is 0.252 e. The summed E-state index contributed by atoms with van der Waals surface area (Å²) >= 11 is 0. The van der Waals surface area contributed by atoms with Crippen LogP contribution in [0.2, 0.25) is 0 Å². The van der Waals surface area contributed by atoms with E-state index in [0.29, 0.717) is 0 Å². The normalized spacial score (nSPS) is 13.1. The lowest BCUT2D eigenvalue weighted by molar-refractivity contribution is 0.590. The molecule has 2 aliphatic rings. The lowest BCUT2D eigenvalue weighted by atomic mass is 9.33. The molecule has 0 fully saturated rings. The fraction of sp³-hybridized carbons (Fsp3) is 0.182. The van der Waals surface area contributed by atoms with Crippen LogP contribution >= 0.6 is 0 Å². The van der Waals surface area contributed by atoms with E-state index in [4.69, 9.17) is 0 Å². The molecule has 0 saturated carbocycles. The first-order chi connectivity index (χ1) is 55.2. The molecule has 0 N–H and O–H groups in total. The molecule has 0 bridgehead atoms. The van der Waals surface area contributed by atoms with E-state index in [2.05, 4.69) is 464 Å². The highest BCUT2D eigenvalue weighted by Gasteiger charge is 2.49. The van der Waals surface area contributed by atoms with Crippen molar-refractivity contribution in [2.45, 2.75) is 131 Å². The third-order valence-electron chi connectivity index (χ3n) is 24.7. The van der Waals surface area contributed by atoms with Crippen LogP contribution in [0.3, 0.4) is 0 Å². The standard InChI is InChI=1S/C110H102BN3Si/c1-106(2,3)79-53-51-73(52-54-79)78-63-101-103-102(64-78)114(105-91(76-41-27-18-28-42-76)69-83(110(13,14)15)70-92(105)77-43-29-19-30-44-77)100-71-84(112-97-60-55-80(107(4,5)6)65-93(97)94-66-81(108(7,8)9)56-61-98(94)112)57-59-95(100)111(103)96-72-88(115(85-45-31-20-32-46-85,86-47-33-21-34-48-86)87-49-35-22-36-50-87)58-62-99(96)113(101)104-89(74-37-23-16-24-38-74)67-82(109(10,11)12)68-90(104)75-39-25-17-26-40-75/h16-72H,1-15H3. The Morgan fingerprint density at radius 1 is 0.235 bits per heavy atom. The van der Waals surface area contributed by atoms with Gasteiger partial charge in [-0.15, -0.1) is 0 Å². The Balaban J connectivity index is 1.07. The van der Waals surface area contributed by atoms with Crippen LogP contribution in [0, 0.1) is 0 Å². The summed E-state index contributed by atoms with van der Waals surface area (Å²) in [4.78, 5) is 5.52. The van der Waals surface area contributed by atoms with Crippen molar-refractivity contribution in [3.63, 3.8) is 0 Å². The summed E-state index contributed by atoms with van der Waals surface area (Å²) in [6, 6.07) is 134. The van der Waals surface area contributed by atoms with E-state index in [1.165, 1.54) is 97.9 Å². The maximum atomic E-state index is 2.77. The second kappa shape index (κ2) is 28.2. The molecule has 1 aromatic heterocycles. The third kappa shape index (κ3) is 13.0. The van der Waals surface area contributed by atoms with Crippen molar-refractivity contribution in [1.82, 2.24) is 4.57 Å². The summed E-state index contributed by atoms with van der Waals surface area (Å²) in [7, 11) is -3.25. The topological polar surface area (TPSA) is 11.4 Å². The van der Waals surface area contributed by atoms with Crippen LogP contribution in [0.25, 0.3) is 83.1 Å². The summed E-state index contributed by atoms with van der Waals surface area (Å²) in [5.41, 5.74) is 31.2. The van der Waals surface area contributed by atoms with Gasteiger partial charge in [0.15, 0.2) is 8.07 Å². The van der Waals surface area contributed by atoms with Gasteiger partial charge in [0.2, 0.25) is 0 Å². The molecule has 0 aliphatic carbocycles. The number of hydrogen-bond acceptors (Lipinski definition) is 2. The Kier molecular flexibility index (Phi) is 18.3. The van der Waals surface area contributed by atoms with Gasteiger partial charge < -0.3 is 14.4 Å². The van der Waals surface area contributed by atoms with Crippen molar-refractivity contribution in [1.29, 1.82) is 0 Å². The highest BCUT2D eigenvalue weighted by molar-refractivity contribution is 7.20. The van der Waals surface area contributed by atoms with Gasteiger partial charge in [0, 0.05) is 61.5 Å². The summed E-state index contributed by atoms with van der Waals surface area (Å²) < 4.78 is 2.58. The van der Waals surface area contributed by atoms with Crippen LogP contribution in [-0.4, -0.2) is 19.4 Å². The molecule has 0 radical (unpaired) electrons. The van der Waals surface area contributed by atoms with Gasteiger partial charge in [-0.3, -0.25) is 0 Å². The quantitative estimate of drug-likeness (QED) is 0.0892. The third-order valence-corrected chi connectivity index (χ3v) is 29.5. The molecular formula is C110H102BN3Si. The lowest BCUT2D eigenvalue weighted by Gasteiger charge is -2.47. The van der Waals surface area contributed by atoms with E-state index in [9.17, 15) is 0 Å². The molecule has 0 atom stereocenters. The van der Waals surface area contributed by atoms with Gasteiger partial charge in [0.1, 0.15) is 0 Å². The number of anilines is 6. The Labute approximate surface area is 683 Å². The van der Waals surface area contributed by atoms with Gasteiger partial charge in [-0.1, -0.05) is 371 Å². The molecule has 564 valence electrons. The molecule has 0 unspecified atom stereocenters. The van der Waals surface area contributed by atoms with E-state index in [1.807, 2.05) is 0 Å². The van der Waals surface area contributed by atoms with Crippen LogP contribution < -0.4 is 46.9 Å². The average Bonchev–Trinajstić information content (AvgIpc) is 1.04. The Morgan fingerprint density at radius 3 is 0.948 bits per heavy atom. The van der Waals surface area contributed by atoms with E-state index >= 15 is 0 Å². The number of benzene rings is 15. The molecule has 3 nitrogen and oxygen atoms in total. The van der Waals surface area contributed by atoms with Crippen molar-refractivity contribution in [3.8, 4) is 61.3 Å². The van der Waals surface area contributed by atoms with Gasteiger partial charge in [-0.2, -0.15) is 0 Å². The minimum absolute atomic E-state index is 0.0743. The first kappa shape index (κ1) is 74.4. The zero-order valence-corrected chi connectivity index (χ0v) is 70.3. The fourth-order valence-corrected chi connectivity index (χ4v) is 23.2. The van der Waals surface area contributed by atoms with Gasteiger partial charge in [0.05, 0.1) is 22.4 Å². The van der Waals surface area contributed by atoms with Crippen molar-refractivity contribution < 1.29 is 0 Å². The molecule has 3 heterocycles. The molecule has 115 heavy (non-hydrogen) atoms. The van der Waals surface area contributed by atoms with Crippen LogP contribution in [0.5, 0.6) is 0 Å². The number of fused-ring (bicyclic) bond motifs is 7. The molecule has 2 aliphatic heterocycles. The number of nitrogens with zero attached hydrogens (tertiary/aromatic N) is 3. The molecule has 0 spiro atoms. The predicted octanol–water partition coefficient (Wildman–Crippen LogP) is 25.1. The number of aromatic nitrogens is 1. The second-order valence-corrected chi connectivity index (χ2v) is 41.1. The minimum atomic E-state index is -3.25. The predicted molar refractivity (Wildman–Crippen MR) is 499 cm³/mol. The zero-order chi connectivity index (χ0) is 79.7. The average molecular weight is 1500 g/mol. The fourth-order valence-electron chi connectivity index (χ4n) is 18.4. The molecule has 0 saturated heterocycles. The Morgan fingerprint density at radius 2 is 0.583 bits per heavy atom. The number of hydrogen-bond donors (Lipinski definition) is 0. The molecule has 18 rings (SSSR count). The molecule has 0 amide bonds. The Hall–Kier alpha value is -12.0. The summed E-state index contributed by atoms with van der Waals surface area (Å²) in [5, 5.41) is 7.81. The van der Waals surface area contributed by atoms with Gasteiger partial charge in [-0.05, 0) is 204 Å². The minimum Gasteiger partial charge on any atom is -0.310 e. The largest absolute Gasteiger partial charge is 0.310 e.